The van der Waals surface area contributed by atoms with Crippen molar-refractivity contribution in [3.05, 3.63) is 101 Å². The molecule has 1 atom stereocenters. The first-order valence-electron chi connectivity index (χ1n) is 13.3. The summed E-state index contributed by atoms with van der Waals surface area (Å²) in [6, 6.07) is 24.6. The molecule has 3 aromatic carbocycles. The average molecular weight is 539 g/mol. The van der Waals surface area contributed by atoms with E-state index in [1.165, 1.54) is 0 Å². The topological polar surface area (TPSA) is 67.2 Å². The second-order valence-corrected chi connectivity index (χ2v) is 11.5. The first-order valence-corrected chi connectivity index (χ1v) is 14.3. The predicted octanol–water partition coefficient (Wildman–Crippen LogP) is 6.16. The van der Waals surface area contributed by atoms with Crippen LogP contribution >= 0.6 is 11.8 Å². The van der Waals surface area contributed by atoms with E-state index in [4.69, 9.17) is 5.10 Å². The van der Waals surface area contributed by atoms with E-state index in [0.29, 0.717) is 5.82 Å². The molecular formula is C32H34N4O2S. The lowest BCUT2D eigenvalue weighted by Gasteiger charge is -2.24. The molecule has 4 aromatic rings. The van der Waals surface area contributed by atoms with E-state index in [1.807, 2.05) is 48.9 Å². The number of anilines is 1. The van der Waals surface area contributed by atoms with Crippen LogP contribution < -0.4 is 10.2 Å². The Kier molecular flexibility index (Phi) is 7.62. The van der Waals surface area contributed by atoms with Gasteiger partial charge in [0.25, 0.3) is 0 Å². The standard InChI is InChI=1S/C32H34N4O2S/c1-20(2)33-27(37)18-35-28(38)19-39-31(25-15-9-11-21(3)17-25)29-30(24-13-7-6-8-14-24)34-36(32(29)35)26-16-10-12-22(4)23(26)5/h6-17,20,31H,18-19H2,1-5H3,(H,33,37)/t31-/m1/s1. The van der Waals surface area contributed by atoms with Crippen LogP contribution in [-0.2, 0) is 9.59 Å². The molecule has 7 heteroatoms. The zero-order chi connectivity index (χ0) is 27.7. The largest absolute Gasteiger partial charge is 0.352 e. The number of nitrogens with zero attached hydrogens (tertiary/aromatic N) is 3. The number of hydrogen-bond donors (Lipinski definition) is 1. The summed E-state index contributed by atoms with van der Waals surface area (Å²) in [7, 11) is 0. The molecule has 200 valence electrons. The molecule has 1 aliphatic heterocycles. The molecule has 0 saturated heterocycles. The fraction of sp³-hybridized carbons (Fsp3) is 0.281. The third-order valence-corrected chi connectivity index (χ3v) is 8.29. The van der Waals surface area contributed by atoms with Crippen molar-refractivity contribution < 1.29 is 9.59 Å². The van der Waals surface area contributed by atoms with Crippen molar-refractivity contribution in [1.82, 2.24) is 15.1 Å². The number of hydrogen-bond acceptors (Lipinski definition) is 4. The van der Waals surface area contributed by atoms with Crippen molar-refractivity contribution in [2.24, 2.45) is 0 Å². The summed E-state index contributed by atoms with van der Waals surface area (Å²) in [6.45, 7) is 9.99. The summed E-state index contributed by atoms with van der Waals surface area (Å²) >= 11 is 1.59. The molecular weight excluding hydrogens is 504 g/mol. The lowest BCUT2D eigenvalue weighted by atomic mass is 9.98. The summed E-state index contributed by atoms with van der Waals surface area (Å²) in [5, 5.41) is 8.02. The van der Waals surface area contributed by atoms with E-state index >= 15 is 0 Å². The van der Waals surface area contributed by atoms with E-state index in [0.717, 1.165) is 44.8 Å². The molecule has 0 spiro atoms. The van der Waals surface area contributed by atoms with Gasteiger partial charge in [0.1, 0.15) is 12.4 Å². The number of carbonyl (C=O) groups excluding carboxylic acids is 2. The van der Waals surface area contributed by atoms with Crippen LogP contribution in [0.2, 0.25) is 0 Å². The molecule has 0 saturated carbocycles. The van der Waals surface area contributed by atoms with E-state index in [2.05, 4.69) is 68.6 Å². The number of amides is 2. The Bertz CT molecular complexity index is 1530. The van der Waals surface area contributed by atoms with Gasteiger partial charge in [0.05, 0.1) is 22.4 Å². The van der Waals surface area contributed by atoms with E-state index < -0.39 is 0 Å². The SMILES string of the molecule is Cc1cccc([C@H]2SCC(=O)N(CC(=O)NC(C)C)c3c2c(-c2ccccc2)nn3-c2cccc(C)c2C)c1. The van der Waals surface area contributed by atoms with Gasteiger partial charge in [0.2, 0.25) is 11.8 Å². The summed E-state index contributed by atoms with van der Waals surface area (Å²) in [5.74, 6) is 0.603. The molecule has 0 aliphatic carbocycles. The number of rotatable bonds is 6. The number of carbonyl (C=O) groups is 2. The van der Waals surface area contributed by atoms with Crippen molar-refractivity contribution in [1.29, 1.82) is 0 Å². The Morgan fingerprint density at radius 3 is 2.49 bits per heavy atom. The van der Waals surface area contributed by atoms with Gasteiger partial charge in [-0.15, -0.1) is 11.8 Å². The molecule has 1 aliphatic rings. The van der Waals surface area contributed by atoms with Crippen LogP contribution in [0, 0.1) is 20.8 Å². The van der Waals surface area contributed by atoms with Gasteiger partial charge in [-0.1, -0.05) is 72.3 Å². The van der Waals surface area contributed by atoms with E-state index in [9.17, 15) is 9.59 Å². The summed E-state index contributed by atoms with van der Waals surface area (Å²) in [6.07, 6.45) is 0. The highest BCUT2D eigenvalue weighted by molar-refractivity contribution is 8.00. The minimum Gasteiger partial charge on any atom is -0.352 e. The minimum atomic E-state index is -0.196. The van der Waals surface area contributed by atoms with Crippen LogP contribution in [0.4, 0.5) is 5.82 Å². The molecule has 0 radical (unpaired) electrons. The maximum absolute atomic E-state index is 13.8. The number of aromatic nitrogens is 2. The third kappa shape index (κ3) is 5.36. The first-order chi connectivity index (χ1) is 18.7. The Labute approximate surface area is 234 Å². The van der Waals surface area contributed by atoms with Gasteiger partial charge in [-0.25, -0.2) is 4.68 Å². The van der Waals surface area contributed by atoms with E-state index in [-0.39, 0.29) is 35.4 Å². The normalized spacial score (nSPS) is 15.3. The van der Waals surface area contributed by atoms with Gasteiger partial charge >= 0.3 is 0 Å². The maximum atomic E-state index is 13.8. The summed E-state index contributed by atoms with van der Waals surface area (Å²) in [4.78, 5) is 28.5. The highest BCUT2D eigenvalue weighted by Crippen LogP contribution is 2.48. The molecule has 2 amide bonds. The smallest absolute Gasteiger partial charge is 0.240 e. The van der Waals surface area contributed by atoms with Gasteiger partial charge in [0, 0.05) is 17.2 Å². The number of aryl methyl sites for hydroxylation is 2. The number of fused-ring (bicyclic) bond motifs is 1. The Morgan fingerprint density at radius 1 is 1.03 bits per heavy atom. The average Bonchev–Trinajstić information content (AvgIpc) is 3.22. The third-order valence-electron chi connectivity index (χ3n) is 7.04. The van der Waals surface area contributed by atoms with E-state index in [1.54, 1.807) is 16.7 Å². The Balaban J connectivity index is 1.84. The number of benzene rings is 3. The molecule has 39 heavy (non-hydrogen) atoms. The Hall–Kier alpha value is -3.84. The molecule has 5 rings (SSSR count). The van der Waals surface area contributed by atoms with Crippen LogP contribution in [0.5, 0.6) is 0 Å². The van der Waals surface area contributed by atoms with Crippen LogP contribution in [0.25, 0.3) is 16.9 Å². The minimum absolute atomic E-state index is 0.0303. The van der Waals surface area contributed by atoms with Gasteiger partial charge in [-0.2, -0.15) is 5.10 Å². The van der Waals surface area contributed by atoms with Crippen LogP contribution in [0.3, 0.4) is 0 Å². The fourth-order valence-electron chi connectivity index (χ4n) is 5.07. The van der Waals surface area contributed by atoms with Crippen LogP contribution in [-0.4, -0.2) is 39.9 Å². The quantitative estimate of drug-likeness (QED) is 0.319. The molecule has 2 heterocycles. The van der Waals surface area contributed by atoms with Crippen LogP contribution in [0.15, 0.2) is 72.8 Å². The molecule has 0 unspecified atom stereocenters. The van der Waals surface area contributed by atoms with Gasteiger partial charge in [0.15, 0.2) is 0 Å². The van der Waals surface area contributed by atoms with Crippen molar-refractivity contribution >= 4 is 29.4 Å². The van der Waals surface area contributed by atoms with Crippen LogP contribution in [0.1, 0.15) is 46.9 Å². The van der Waals surface area contributed by atoms with Gasteiger partial charge < -0.3 is 5.32 Å². The predicted molar refractivity (Wildman–Crippen MR) is 160 cm³/mol. The lowest BCUT2D eigenvalue weighted by Crippen LogP contribution is -2.44. The summed E-state index contributed by atoms with van der Waals surface area (Å²) in [5.41, 5.74) is 8.09. The second-order valence-electron chi connectivity index (χ2n) is 10.4. The van der Waals surface area contributed by atoms with Gasteiger partial charge in [-0.3, -0.25) is 14.5 Å². The lowest BCUT2D eigenvalue weighted by molar-refractivity contribution is -0.123. The maximum Gasteiger partial charge on any atom is 0.240 e. The first kappa shape index (κ1) is 26.8. The van der Waals surface area contributed by atoms with Crippen molar-refractivity contribution in [3.63, 3.8) is 0 Å². The molecule has 6 nitrogen and oxygen atoms in total. The zero-order valence-corrected chi connectivity index (χ0v) is 23.9. The fourth-order valence-corrected chi connectivity index (χ4v) is 6.26. The molecule has 1 aromatic heterocycles. The zero-order valence-electron chi connectivity index (χ0n) is 23.1. The van der Waals surface area contributed by atoms with Crippen molar-refractivity contribution in [2.75, 3.05) is 17.2 Å². The summed E-state index contributed by atoms with van der Waals surface area (Å²) < 4.78 is 1.88. The number of nitrogens with one attached hydrogen (secondary N) is 1. The second kappa shape index (κ2) is 11.1. The Morgan fingerprint density at radius 2 is 1.77 bits per heavy atom. The molecule has 0 bridgehead atoms. The van der Waals surface area contributed by atoms with Crippen molar-refractivity contribution in [3.8, 4) is 16.9 Å². The highest BCUT2D eigenvalue weighted by Gasteiger charge is 2.38. The molecule has 0 fully saturated rings. The monoisotopic (exact) mass is 538 g/mol. The molecule has 1 N–H and O–H groups in total. The van der Waals surface area contributed by atoms with Gasteiger partial charge in [-0.05, 0) is 57.4 Å². The highest BCUT2D eigenvalue weighted by atomic mass is 32.2. The number of thioether (sulfide) groups is 1. The van der Waals surface area contributed by atoms with Crippen molar-refractivity contribution in [2.45, 2.75) is 45.9 Å².